The zero-order valence-corrected chi connectivity index (χ0v) is 17.3. The number of hydrogen-bond acceptors (Lipinski definition) is 6. The van der Waals surface area contributed by atoms with Gasteiger partial charge in [-0.25, -0.2) is 0 Å². The van der Waals surface area contributed by atoms with E-state index in [1.807, 2.05) is 0 Å². The summed E-state index contributed by atoms with van der Waals surface area (Å²) in [6, 6.07) is 12.8. The Morgan fingerprint density at radius 1 is 1.10 bits per heavy atom. The van der Waals surface area contributed by atoms with Crippen LogP contribution in [0.4, 0.5) is 0 Å². The molecule has 3 rings (SSSR count). The minimum atomic E-state index is -0.769. The van der Waals surface area contributed by atoms with Gasteiger partial charge in [-0.3, -0.25) is 9.59 Å². The van der Waals surface area contributed by atoms with Crippen LogP contribution in [0.15, 0.2) is 66.8 Å². The van der Waals surface area contributed by atoms with Gasteiger partial charge in [-0.15, -0.1) is 0 Å². The molecule has 31 heavy (non-hydrogen) atoms. The summed E-state index contributed by atoms with van der Waals surface area (Å²) in [5, 5.41) is 20.2. The number of amides is 1. The molecule has 0 saturated carbocycles. The quantitative estimate of drug-likeness (QED) is 0.279. The highest BCUT2D eigenvalue weighted by Crippen LogP contribution is 2.40. The molecule has 7 heteroatoms. The number of nitrogens with zero attached hydrogens (tertiary/aromatic N) is 1. The van der Waals surface area contributed by atoms with E-state index in [4.69, 9.17) is 9.47 Å². The second-order valence-electron chi connectivity index (χ2n) is 6.97. The molecule has 2 aromatic rings. The van der Waals surface area contributed by atoms with Crippen LogP contribution in [0.2, 0.25) is 0 Å². The van der Waals surface area contributed by atoms with Crippen molar-refractivity contribution in [3.8, 4) is 11.5 Å². The van der Waals surface area contributed by atoms with Gasteiger partial charge in [0.15, 0.2) is 0 Å². The highest BCUT2D eigenvalue weighted by Gasteiger charge is 2.45. The van der Waals surface area contributed by atoms with Crippen LogP contribution < -0.4 is 9.47 Å². The monoisotopic (exact) mass is 423 g/mol. The first-order valence-electron chi connectivity index (χ1n) is 9.89. The predicted molar refractivity (Wildman–Crippen MR) is 116 cm³/mol. The molecule has 162 valence electrons. The largest absolute Gasteiger partial charge is 0.507 e. The van der Waals surface area contributed by atoms with E-state index in [1.54, 1.807) is 61.7 Å². The van der Waals surface area contributed by atoms with E-state index in [2.05, 4.69) is 6.58 Å². The maximum Gasteiger partial charge on any atom is 0.295 e. The number of likely N-dealkylation sites (tertiary alicyclic amines) is 1. The molecular weight excluding hydrogens is 398 g/mol. The fraction of sp³-hybridized carbons (Fsp3) is 0.250. The Hall–Kier alpha value is -3.58. The van der Waals surface area contributed by atoms with Gasteiger partial charge < -0.3 is 24.6 Å². The maximum atomic E-state index is 12.9. The first-order valence-corrected chi connectivity index (χ1v) is 9.89. The smallest absolute Gasteiger partial charge is 0.295 e. The molecule has 1 fully saturated rings. The Kier molecular flexibility index (Phi) is 7.10. The predicted octanol–water partition coefficient (Wildman–Crippen LogP) is 3.06. The highest BCUT2D eigenvalue weighted by atomic mass is 16.5. The van der Waals surface area contributed by atoms with E-state index >= 15 is 0 Å². The van der Waals surface area contributed by atoms with Crippen molar-refractivity contribution in [3.05, 3.63) is 77.9 Å². The lowest BCUT2D eigenvalue weighted by molar-refractivity contribution is -0.140. The molecule has 0 unspecified atom stereocenters. The van der Waals surface area contributed by atoms with Gasteiger partial charge in [0.2, 0.25) is 0 Å². The lowest BCUT2D eigenvalue weighted by Crippen LogP contribution is -2.31. The summed E-state index contributed by atoms with van der Waals surface area (Å²) in [7, 11) is 1.55. The molecule has 0 radical (unpaired) electrons. The molecule has 0 spiro atoms. The van der Waals surface area contributed by atoms with Gasteiger partial charge in [-0.2, -0.15) is 0 Å². The molecule has 0 aliphatic carbocycles. The first-order chi connectivity index (χ1) is 15.0. The van der Waals surface area contributed by atoms with Gasteiger partial charge in [-0.1, -0.05) is 24.8 Å². The number of rotatable bonds is 9. The van der Waals surface area contributed by atoms with Gasteiger partial charge in [0.1, 0.15) is 23.9 Å². The summed E-state index contributed by atoms with van der Waals surface area (Å²) in [5.74, 6) is -0.511. The van der Waals surface area contributed by atoms with Crippen LogP contribution in [-0.4, -0.2) is 53.7 Å². The number of Topliss-reactive ketones (excluding diaryl/α,β-unsaturated/α-hetero) is 1. The molecule has 1 heterocycles. The molecule has 2 aromatic carbocycles. The maximum absolute atomic E-state index is 12.9. The van der Waals surface area contributed by atoms with Crippen molar-refractivity contribution in [2.24, 2.45) is 0 Å². The SMILES string of the molecule is C=CCOc1ccc(C(O)=C2C(=O)C(=O)N(CCCO)[C@@H]2c2ccc(OC)cc2)cc1. The molecule has 1 atom stereocenters. The Balaban J connectivity index is 2.05. The van der Waals surface area contributed by atoms with Gasteiger partial charge in [0, 0.05) is 18.7 Å². The molecule has 1 saturated heterocycles. The van der Waals surface area contributed by atoms with Gasteiger partial charge >= 0.3 is 0 Å². The van der Waals surface area contributed by atoms with Crippen LogP contribution in [0.1, 0.15) is 23.6 Å². The van der Waals surface area contributed by atoms with Crippen LogP contribution in [0, 0.1) is 0 Å². The zero-order valence-electron chi connectivity index (χ0n) is 17.3. The third-order valence-corrected chi connectivity index (χ3v) is 5.02. The Morgan fingerprint density at radius 3 is 2.32 bits per heavy atom. The van der Waals surface area contributed by atoms with Crippen molar-refractivity contribution in [2.45, 2.75) is 12.5 Å². The van der Waals surface area contributed by atoms with Crippen molar-refractivity contribution < 1.29 is 29.3 Å². The highest BCUT2D eigenvalue weighted by molar-refractivity contribution is 6.46. The molecule has 1 aliphatic rings. The number of benzene rings is 2. The molecule has 0 bridgehead atoms. The van der Waals surface area contributed by atoms with E-state index in [1.165, 1.54) is 4.90 Å². The van der Waals surface area contributed by atoms with Gasteiger partial charge in [0.25, 0.3) is 11.7 Å². The van der Waals surface area contributed by atoms with E-state index in [-0.39, 0.29) is 24.5 Å². The first kappa shape index (κ1) is 22.1. The standard InChI is InChI=1S/C24H25NO6/c1-3-15-31-19-11-7-17(8-12-19)22(27)20-21(16-5-9-18(30-2)10-6-16)25(13-4-14-26)24(29)23(20)28/h3,5-12,21,26-27H,1,4,13-15H2,2H3/t21-/m1/s1. The number of aliphatic hydroxyl groups is 2. The minimum Gasteiger partial charge on any atom is -0.507 e. The van der Waals surface area contributed by atoms with Crippen LogP contribution >= 0.6 is 0 Å². The lowest BCUT2D eigenvalue weighted by Gasteiger charge is -2.25. The summed E-state index contributed by atoms with van der Waals surface area (Å²) in [6.45, 7) is 4.00. The molecule has 1 amide bonds. The van der Waals surface area contributed by atoms with Crippen molar-refractivity contribution in [1.29, 1.82) is 0 Å². The molecule has 1 aliphatic heterocycles. The second kappa shape index (κ2) is 9.95. The Morgan fingerprint density at radius 2 is 1.74 bits per heavy atom. The zero-order chi connectivity index (χ0) is 22.4. The average molecular weight is 423 g/mol. The van der Waals surface area contributed by atoms with E-state index in [0.29, 0.717) is 35.7 Å². The molecule has 7 nitrogen and oxygen atoms in total. The summed E-state index contributed by atoms with van der Waals surface area (Å²) in [4.78, 5) is 27.0. The van der Waals surface area contributed by atoms with Crippen LogP contribution in [0.25, 0.3) is 5.76 Å². The molecule has 0 aromatic heterocycles. The topological polar surface area (TPSA) is 96.3 Å². The van der Waals surface area contributed by atoms with Crippen molar-refractivity contribution in [1.82, 2.24) is 4.90 Å². The Labute approximate surface area is 180 Å². The number of hydrogen-bond donors (Lipinski definition) is 2. The third-order valence-electron chi connectivity index (χ3n) is 5.02. The lowest BCUT2D eigenvalue weighted by atomic mass is 9.95. The normalized spacial score (nSPS) is 17.6. The second-order valence-corrected chi connectivity index (χ2v) is 6.97. The summed E-state index contributed by atoms with van der Waals surface area (Å²) < 4.78 is 10.6. The summed E-state index contributed by atoms with van der Waals surface area (Å²) in [6.07, 6.45) is 1.94. The molecular formula is C24H25NO6. The third kappa shape index (κ3) is 4.62. The Bertz CT molecular complexity index is 978. The summed E-state index contributed by atoms with van der Waals surface area (Å²) in [5.41, 5.74) is 1.06. The van der Waals surface area contributed by atoms with Crippen molar-refractivity contribution in [3.63, 3.8) is 0 Å². The number of carbonyl (C=O) groups excluding carboxylic acids is 2. The van der Waals surface area contributed by atoms with Crippen molar-refractivity contribution >= 4 is 17.4 Å². The van der Waals surface area contributed by atoms with E-state index in [9.17, 15) is 19.8 Å². The fourth-order valence-electron chi connectivity index (χ4n) is 3.50. The van der Waals surface area contributed by atoms with E-state index in [0.717, 1.165) is 0 Å². The van der Waals surface area contributed by atoms with Gasteiger partial charge in [-0.05, 0) is 48.4 Å². The number of aliphatic hydroxyl groups excluding tert-OH is 2. The fourth-order valence-corrected chi connectivity index (χ4v) is 3.50. The van der Waals surface area contributed by atoms with Crippen LogP contribution in [0.5, 0.6) is 11.5 Å². The average Bonchev–Trinajstić information content (AvgIpc) is 3.06. The van der Waals surface area contributed by atoms with Crippen LogP contribution in [-0.2, 0) is 9.59 Å². The van der Waals surface area contributed by atoms with Crippen LogP contribution in [0.3, 0.4) is 0 Å². The number of carbonyl (C=O) groups is 2. The van der Waals surface area contributed by atoms with E-state index < -0.39 is 17.7 Å². The van der Waals surface area contributed by atoms with Gasteiger partial charge in [0.05, 0.1) is 18.7 Å². The summed E-state index contributed by atoms with van der Waals surface area (Å²) >= 11 is 0. The molecule has 2 N–H and O–H groups in total. The number of methoxy groups -OCH3 is 1. The number of ether oxygens (including phenoxy) is 2. The van der Waals surface area contributed by atoms with Crippen molar-refractivity contribution in [2.75, 3.05) is 26.9 Å². The number of ketones is 1. The minimum absolute atomic E-state index is 0.00728.